The SMILES string of the molecule is COc1ccc(C(=O)N/C(=C\c2ccco2)C(=O)NC2CC3CCC2C3)cc1OC. The molecule has 2 aliphatic rings. The first-order valence-corrected chi connectivity index (χ1v) is 10.2. The van der Waals surface area contributed by atoms with Gasteiger partial charge in [0.2, 0.25) is 0 Å². The fourth-order valence-electron chi connectivity index (χ4n) is 4.51. The molecule has 1 heterocycles. The van der Waals surface area contributed by atoms with Gasteiger partial charge in [0.05, 0.1) is 20.5 Å². The van der Waals surface area contributed by atoms with Crippen molar-refractivity contribution >= 4 is 17.9 Å². The molecular weight excluding hydrogens is 384 g/mol. The van der Waals surface area contributed by atoms with Crippen LogP contribution in [-0.4, -0.2) is 32.1 Å². The summed E-state index contributed by atoms with van der Waals surface area (Å²) in [5, 5.41) is 5.84. The Balaban J connectivity index is 1.53. The van der Waals surface area contributed by atoms with E-state index in [1.54, 1.807) is 36.4 Å². The van der Waals surface area contributed by atoms with Crippen LogP contribution < -0.4 is 20.1 Å². The molecule has 0 aliphatic heterocycles. The standard InChI is InChI=1S/C23H26N2O5/c1-28-20-8-7-16(12-21(20)29-2)22(26)25-19(13-17-4-3-9-30-17)23(27)24-18-11-14-5-6-15(18)10-14/h3-4,7-9,12-15,18H,5-6,10-11H2,1-2H3,(H,24,27)(H,25,26)/b19-13-. The summed E-state index contributed by atoms with van der Waals surface area (Å²) < 4.78 is 15.8. The van der Waals surface area contributed by atoms with Gasteiger partial charge >= 0.3 is 0 Å². The van der Waals surface area contributed by atoms with Crippen LogP contribution in [0.4, 0.5) is 0 Å². The summed E-state index contributed by atoms with van der Waals surface area (Å²) in [4.78, 5) is 25.9. The van der Waals surface area contributed by atoms with Gasteiger partial charge in [0, 0.05) is 17.7 Å². The number of hydrogen-bond donors (Lipinski definition) is 2. The summed E-state index contributed by atoms with van der Waals surface area (Å²) in [6, 6.07) is 8.47. The molecule has 2 fully saturated rings. The highest BCUT2D eigenvalue weighted by molar-refractivity contribution is 6.05. The highest BCUT2D eigenvalue weighted by atomic mass is 16.5. The van der Waals surface area contributed by atoms with Crippen molar-refractivity contribution in [2.45, 2.75) is 31.7 Å². The van der Waals surface area contributed by atoms with E-state index >= 15 is 0 Å². The van der Waals surface area contributed by atoms with E-state index in [1.165, 1.54) is 33.3 Å². The maximum atomic E-state index is 13.0. The smallest absolute Gasteiger partial charge is 0.268 e. The molecule has 2 bridgehead atoms. The second kappa shape index (κ2) is 8.65. The molecule has 30 heavy (non-hydrogen) atoms. The van der Waals surface area contributed by atoms with Crippen LogP contribution in [0, 0.1) is 11.8 Å². The molecule has 0 radical (unpaired) electrons. The first kappa shape index (κ1) is 20.1. The van der Waals surface area contributed by atoms with Crippen molar-refractivity contribution in [3.63, 3.8) is 0 Å². The molecule has 4 rings (SSSR count). The van der Waals surface area contributed by atoms with Crippen molar-refractivity contribution in [3.05, 3.63) is 53.6 Å². The van der Waals surface area contributed by atoms with Gasteiger partial charge in [0.1, 0.15) is 11.5 Å². The molecular formula is C23H26N2O5. The number of rotatable bonds is 7. The quantitative estimate of drug-likeness (QED) is 0.683. The van der Waals surface area contributed by atoms with E-state index in [0.29, 0.717) is 34.7 Å². The minimum absolute atomic E-state index is 0.146. The molecule has 7 heteroatoms. The fourth-order valence-corrected chi connectivity index (χ4v) is 4.51. The van der Waals surface area contributed by atoms with Gasteiger partial charge in [-0.3, -0.25) is 9.59 Å². The van der Waals surface area contributed by atoms with Crippen molar-refractivity contribution in [2.24, 2.45) is 11.8 Å². The van der Waals surface area contributed by atoms with E-state index in [1.807, 2.05) is 0 Å². The van der Waals surface area contributed by atoms with Gasteiger partial charge in [-0.15, -0.1) is 0 Å². The largest absolute Gasteiger partial charge is 0.493 e. The van der Waals surface area contributed by atoms with Gasteiger partial charge in [0.25, 0.3) is 11.8 Å². The fraction of sp³-hybridized carbons (Fsp3) is 0.391. The summed E-state index contributed by atoms with van der Waals surface area (Å²) in [6.45, 7) is 0. The number of ether oxygens (including phenoxy) is 2. The van der Waals surface area contributed by atoms with Crippen LogP contribution in [-0.2, 0) is 4.79 Å². The van der Waals surface area contributed by atoms with Gasteiger partial charge in [-0.1, -0.05) is 6.42 Å². The lowest BCUT2D eigenvalue weighted by atomic mass is 9.95. The summed E-state index contributed by atoms with van der Waals surface area (Å²) in [5.74, 6) is 1.96. The van der Waals surface area contributed by atoms with E-state index < -0.39 is 5.91 Å². The molecule has 1 aromatic heterocycles. The van der Waals surface area contributed by atoms with Crippen LogP contribution in [0.3, 0.4) is 0 Å². The molecule has 3 atom stereocenters. The summed E-state index contributed by atoms with van der Waals surface area (Å²) >= 11 is 0. The third-order valence-electron chi connectivity index (χ3n) is 6.02. The lowest BCUT2D eigenvalue weighted by Crippen LogP contribution is -2.42. The van der Waals surface area contributed by atoms with Gasteiger partial charge in [-0.2, -0.15) is 0 Å². The highest BCUT2D eigenvalue weighted by Gasteiger charge is 2.40. The number of fused-ring (bicyclic) bond motifs is 2. The van der Waals surface area contributed by atoms with Crippen LogP contribution in [0.1, 0.15) is 41.8 Å². The van der Waals surface area contributed by atoms with Gasteiger partial charge in [0.15, 0.2) is 11.5 Å². The Bertz CT molecular complexity index is 951. The van der Waals surface area contributed by atoms with Crippen molar-refractivity contribution in [2.75, 3.05) is 14.2 Å². The average molecular weight is 410 g/mol. The van der Waals surface area contributed by atoms with Crippen LogP contribution in [0.2, 0.25) is 0 Å². The molecule has 2 aromatic rings. The number of furan rings is 1. The van der Waals surface area contributed by atoms with E-state index in [0.717, 1.165) is 12.8 Å². The molecule has 2 aliphatic carbocycles. The van der Waals surface area contributed by atoms with Crippen LogP contribution in [0.5, 0.6) is 11.5 Å². The predicted molar refractivity (Wildman–Crippen MR) is 111 cm³/mol. The van der Waals surface area contributed by atoms with Crippen molar-refractivity contribution in [3.8, 4) is 11.5 Å². The number of amides is 2. The zero-order valence-electron chi connectivity index (χ0n) is 17.1. The van der Waals surface area contributed by atoms with Gasteiger partial charge in [-0.25, -0.2) is 0 Å². The normalized spacial score (nSPS) is 22.6. The van der Waals surface area contributed by atoms with Crippen molar-refractivity contribution < 1.29 is 23.5 Å². The van der Waals surface area contributed by atoms with E-state index in [2.05, 4.69) is 10.6 Å². The van der Waals surface area contributed by atoms with Crippen molar-refractivity contribution in [1.82, 2.24) is 10.6 Å². The van der Waals surface area contributed by atoms with E-state index in [9.17, 15) is 9.59 Å². The topological polar surface area (TPSA) is 89.8 Å². The number of carbonyl (C=O) groups is 2. The van der Waals surface area contributed by atoms with Gasteiger partial charge in [-0.05, 0) is 61.4 Å². The lowest BCUT2D eigenvalue weighted by Gasteiger charge is -2.23. The molecule has 0 saturated heterocycles. The van der Waals surface area contributed by atoms with E-state index in [4.69, 9.17) is 13.9 Å². The number of benzene rings is 1. The Morgan fingerprint density at radius 3 is 2.57 bits per heavy atom. The van der Waals surface area contributed by atoms with Crippen LogP contribution >= 0.6 is 0 Å². The predicted octanol–water partition coefficient (Wildman–Crippen LogP) is 3.37. The molecule has 2 saturated carbocycles. The maximum absolute atomic E-state index is 13.0. The molecule has 1 aromatic carbocycles. The Labute approximate surface area is 175 Å². The maximum Gasteiger partial charge on any atom is 0.268 e. The third kappa shape index (κ3) is 4.20. The minimum Gasteiger partial charge on any atom is -0.493 e. The summed E-state index contributed by atoms with van der Waals surface area (Å²) in [5.41, 5.74) is 0.498. The van der Waals surface area contributed by atoms with Crippen LogP contribution in [0.15, 0.2) is 46.7 Å². The average Bonchev–Trinajstić information content (AvgIpc) is 3.51. The molecule has 2 amide bonds. The molecule has 0 spiro atoms. The minimum atomic E-state index is -0.420. The van der Waals surface area contributed by atoms with E-state index in [-0.39, 0.29) is 17.6 Å². The monoisotopic (exact) mass is 410 g/mol. The number of methoxy groups -OCH3 is 2. The number of carbonyl (C=O) groups excluding carboxylic acids is 2. The van der Waals surface area contributed by atoms with Crippen molar-refractivity contribution in [1.29, 1.82) is 0 Å². The zero-order chi connectivity index (χ0) is 21.1. The summed E-state index contributed by atoms with van der Waals surface area (Å²) in [7, 11) is 3.03. The first-order valence-electron chi connectivity index (χ1n) is 10.2. The summed E-state index contributed by atoms with van der Waals surface area (Å²) in [6.07, 6.45) is 7.66. The molecule has 3 unspecified atom stereocenters. The number of hydrogen-bond acceptors (Lipinski definition) is 5. The zero-order valence-corrected chi connectivity index (χ0v) is 17.1. The lowest BCUT2D eigenvalue weighted by molar-refractivity contribution is -0.118. The Hall–Kier alpha value is -3.22. The third-order valence-corrected chi connectivity index (χ3v) is 6.02. The van der Waals surface area contributed by atoms with Gasteiger partial charge < -0.3 is 24.5 Å². The Kier molecular flexibility index (Phi) is 5.79. The Morgan fingerprint density at radius 2 is 1.93 bits per heavy atom. The Morgan fingerprint density at radius 1 is 1.10 bits per heavy atom. The molecule has 2 N–H and O–H groups in total. The highest BCUT2D eigenvalue weighted by Crippen LogP contribution is 2.44. The first-order chi connectivity index (χ1) is 14.6. The molecule has 158 valence electrons. The molecule has 7 nitrogen and oxygen atoms in total. The van der Waals surface area contributed by atoms with Crippen LogP contribution in [0.25, 0.3) is 6.08 Å². The second-order valence-electron chi connectivity index (χ2n) is 7.85. The second-order valence-corrected chi connectivity index (χ2v) is 7.85. The number of nitrogens with one attached hydrogen (secondary N) is 2.